The van der Waals surface area contributed by atoms with E-state index in [9.17, 15) is 0 Å². The van der Waals surface area contributed by atoms with Crippen LogP contribution in [0.4, 0.5) is 5.69 Å². The summed E-state index contributed by atoms with van der Waals surface area (Å²) in [4.78, 5) is 8.46. The van der Waals surface area contributed by atoms with Crippen molar-refractivity contribution in [1.82, 2.24) is 14.9 Å². The number of ether oxygens (including phenoxy) is 2. The standard InChI is InChI=1S/C15H21N5O2/c1-16-15(18-10-14-17-7-8-20(14)2)19-11-5-6-12(21-3)13(9-11)22-4/h5-9H,10H2,1-4H3,(H2,16,18,19). The number of guanidine groups is 1. The lowest BCUT2D eigenvalue weighted by molar-refractivity contribution is 0.355. The summed E-state index contributed by atoms with van der Waals surface area (Å²) in [6, 6.07) is 5.59. The van der Waals surface area contributed by atoms with Crippen LogP contribution < -0.4 is 20.1 Å². The van der Waals surface area contributed by atoms with Crippen molar-refractivity contribution in [3.8, 4) is 11.5 Å². The second kappa shape index (κ2) is 7.35. The molecule has 1 heterocycles. The van der Waals surface area contributed by atoms with Gasteiger partial charge in [-0.05, 0) is 12.1 Å². The van der Waals surface area contributed by atoms with Gasteiger partial charge in [-0.25, -0.2) is 4.98 Å². The van der Waals surface area contributed by atoms with E-state index in [2.05, 4.69) is 20.6 Å². The summed E-state index contributed by atoms with van der Waals surface area (Å²) in [7, 11) is 6.89. The molecule has 7 nitrogen and oxygen atoms in total. The molecule has 0 bridgehead atoms. The average molecular weight is 303 g/mol. The van der Waals surface area contributed by atoms with Gasteiger partial charge in [0.05, 0.1) is 20.8 Å². The van der Waals surface area contributed by atoms with Crippen LogP contribution in [0.2, 0.25) is 0 Å². The summed E-state index contributed by atoms with van der Waals surface area (Å²) < 4.78 is 12.5. The first-order chi connectivity index (χ1) is 10.7. The van der Waals surface area contributed by atoms with E-state index in [4.69, 9.17) is 9.47 Å². The number of methoxy groups -OCH3 is 2. The van der Waals surface area contributed by atoms with Crippen molar-refractivity contribution in [2.75, 3.05) is 26.6 Å². The first-order valence-electron chi connectivity index (χ1n) is 6.83. The fourth-order valence-corrected chi connectivity index (χ4v) is 1.96. The van der Waals surface area contributed by atoms with E-state index in [1.807, 2.05) is 36.0 Å². The van der Waals surface area contributed by atoms with E-state index >= 15 is 0 Å². The minimum atomic E-state index is 0.580. The first kappa shape index (κ1) is 15.7. The molecule has 0 aliphatic rings. The highest BCUT2D eigenvalue weighted by atomic mass is 16.5. The number of benzene rings is 1. The number of hydrogen-bond donors (Lipinski definition) is 2. The van der Waals surface area contributed by atoms with Gasteiger partial charge in [0.1, 0.15) is 5.82 Å². The minimum Gasteiger partial charge on any atom is -0.493 e. The Morgan fingerprint density at radius 3 is 2.64 bits per heavy atom. The molecule has 118 valence electrons. The van der Waals surface area contributed by atoms with Crippen molar-refractivity contribution < 1.29 is 9.47 Å². The average Bonchev–Trinajstić information content (AvgIpc) is 2.96. The van der Waals surface area contributed by atoms with Crippen LogP contribution in [-0.2, 0) is 13.6 Å². The lowest BCUT2D eigenvalue weighted by Crippen LogP contribution is -2.31. The zero-order valence-corrected chi connectivity index (χ0v) is 13.3. The van der Waals surface area contributed by atoms with Gasteiger partial charge in [0.2, 0.25) is 0 Å². The molecule has 0 fully saturated rings. The number of imidazole rings is 1. The maximum Gasteiger partial charge on any atom is 0.195 e. The fraction of sp³-hybridized carbons (Fsp3) is 0.333. The van der Waals surface area contributed by atoms with Gasteiger partial charge in [-0.3, -0.25) is 4.99 Å². The second-order valence-corrected chi connectivity index (χ2v) is 4.57. The third kappa shape index (κ3) is 3.69. The van der Waals surface area contributed by atoms with Gasteiger partial charge in [-0.15, -0.1) is 0 Å². The summed E-state index contributed by atoms with van der Waals surface area (Å²) in [5, 5.41) is 6.41. The SMILES string of the molecule is CN=C(NCc1nccn1C)Nc1ccc(OC)c(OC)c1. The van der Waals surface area contributed by atoms with E-state index < -0.39 is 0 Å². The molecule has 2 rings (SSSR count). The van der Waals surface area contributed by atoms with Crippen molar-refractivity contribution in [1.29, 1.82) is 0 Å². The zero-order chi connectivity index (χ0) is 15.9. The molecule has 1 aromatic carbocycles. The molecule has 0 aliphatic heterocycles. The Bertz CT molecular complexity index is 651. The summed E-state index contributed by atoms with van der Waals surface area (Å²) in [6.07, 6.45) is 3.67. The topological polar surface area (TPSA) is 72.7 Å². The van der Waals surface area contributed by atoms with Gasteiger partial charge < -0.3 is 24.7 Å². The Morgan fingerprint density at radius 2 is 2.05 bits per heavy atom. The molecule has 1 aromatic heterocycles. The lowest BCUT2D eigenvalue weighted by atomic mass is 10.3. The Labute approximate surface area is 130 Å². The molecule has 2 aromatic rings. The lowest BCUT2D eigenvalue weighted by Gasteiger charge is -2.14. The van der Waals surface area contributed by atoms with Crippen molar-refractivity contribution >= 4 is 11.6 Å². The third-order valence-corrected chi connectivity index (χ3v) is 3.20. The number of hydrogen-bond acceptors (Lipinski definition) is 4. The van der Waals surface area contributed by atoms with Crippen molar-refractivity contribution in [2.45, 2.75) is 6.54 Å². The van der Waals surface area contributed by atoms with Crippen LogP contribution in [0.25, 0.3) is 0 Å². The van der Waals surface area contributed by atoms with E-state index in [0.29, 0.717) is 24.0 Å². The van der Waals surface area contributed by atoms with Gasteiger partial charge in [0.15, 0.2) is 17.5 Å². The molecular formula is C15H21N5O2. The monoisotopic (exact) mass is 303 g/mol. The molecule has 2 N–H and O–H groups in total. The van der Waals surface area contributed by atoms with Crippen molar-refractivity contribution in [3.63, 3.8) is 0 Å². The highest BCUT2D eigenvalue weighted by Crippen LogP contribution is 2.29. The highest BCUT2D eigenvalue weighted by Gasteiger charge is 2.07. The summed E-state index contributed by atoms with van der Waals surface area (Å²) in [5.74, 6) is 2.92. The number of anilines is 1. The molecule has 0 saturated carbocycles. The molecule has 0 unspecified atom stereocenters. The molecule has 22 heavy (non-hydrogen) atoms. The van der Waals surface area contributed by atoms with Crippen molar-refractivity contribution in [3.05, 3.63) is 36.4 Å². The molecular weight excluding hydrogens is 282 g/mol. The third-order valence-electron chi connectivity index (χ3n) is 3.20. The largest absolute Gasteiger partial charge is 0.493 e. The minimum absolute atomic E-state index is 0.580. The van der Waals surface area contributed by atoms with Crippen LogP contribution in [0.5, 0.6) is 11.5 Å². The maximum atomic E-state index is 5.29. The quantitative estimate of drug-likeness (QED) is 0.649. The van der Waals surface area contributed by atoms with Gasteiger partial charge in [-0.1, -0.05) is 0 Å². The number of nitrogens with zero attached hydrogens (tertiary/aromatic N) is 3. The number of aromatic nitrogens is 2. The van der Waals surface area contributed by atoms with Crippen LogP contribution in [-0.4, -0.2) is 36.8 Å². The van der Waals surface area contributed by atoms with Crippen molar-refractivity contribution in [2.24, 2.45) is 12.0 Å². The Kier molecular flexibility index (Phi) is 5.24. The van der Waals surface area contributed by atoms with Gasteiger partial charge in [0, 0.05) is 38.2 Å². The molecule has 7 heteroatoms. The van der Waals surface area contributed by atoms with Crippen LogP contribution in [0.3, 0.4) is 0 Å². The number of rotatable bonds is 5. The van der Waals surface area contributed by atoms with Gasteiger partial charge in [-0.2, -0.15) is 0 Å². The first-order valence-corrected chi connectivity index (χ1v) is 6.83. The second-order valence-electron chi connectivity index (χ2n) is 4.57. The number of nitrogens with one attached hydrogen (secondary N) is 2. The molecule has 0 spiro atoms. The van der Waals surface area contributed by atoms with E-state index in [-0.39, 0.29) is 0 Å². The molecule has 0 atom stereocenters. The highest BCUT2D eigenvalue weighted by molar-refractivity contribution is 5.93. The van der Waals surface area contributed by atoms with E-state index in [1.165, 1.54) is 0 Å². The van der Waals surface area contributed by atoms with Gasteiger partial charge >= 0.3 is 0 Å². The normalized spacial score (nSPS) is 11.2. The van der Waals surface area contributed by atoms with Gasteiger partial charge in [0.25, 0.3) is 0 Å². The van der Waals surface area contributed by atoms with Crippen LogP contribution >= 0.6 is 0 Å². The smallest absolute Gasteiger partial charge is 0.195 e. The number of aliphatic imine (C=N–C) groups is 1. The number of aryl methyl sites for hydroxylation is 1. The molecule has 0 saturated heterocycles. The fourth-order valence-electron chi connectivity index (χ4n) is 1.96. The zero-order valence-electron chi connectivity index (χ0n) is 13.3. The summed E-state index contributed by atoms with van der Waals surface area (Å²) >= 11 is 0. The Balaban J connectivity index is 2.03. The van der Waals surface area contributed by atoms with Crippen LogP contribution in [0, 0.1) is 0 Å². The predicted molar refractivity (Wildman–Crippen MR) is 86.6 cm³/mol. The van der Waals surface area contributed by atoms with Crippen LogP contribution in [0.1, 0.15) is 5.82 Å². The Morgan fingerprint density at radius 1 is 1.27 bits per heavy atom. The molecule has 0 radical (unpaired) electrons. The van der Waals surface area contributed by atoms with E-state index in [0.717, 1.165) is 11.5 Å². The summed E-state index contributed by atoms with van der Waals surface area (Å²) in [6.45, 7) is 0.580. The molecule has 0 amide bonds. The maximum absolute atomic E-state index is 5.29. The van der Waals surface area contributed by atoms with E-state index in [1.54, 1.807) is 27.5 Å². The van der Waals surface area contributed by atoms with Crippen LogP contribution in [0.15, 0.2) is 35.6 Å². The molecule has 0 aliphatic carbocycles. The Hall–Kier alpha value is -2.70. The summed E-state index contributed by atoms with van der Waals surface area (Å²) in [5.41, 5.74) is 0.852. The predicted octanol–water partition coefficient (Wildman–Crippen LogP) is 1.62.